The first-order chi connectivity index (χ1) is 17.7. The van der Waals surface area contributed by atoms with Crippen molar-refractivity contribution in [1.29, 1.82) is 0 Å². The van der Waals surface area contributed by atoms with Crippen molar-refractivity contribution in [2.75, 3.05) is 10.5 Å². The van der Waals surface area contributed by atoms with Crippen LogP contribution < -0.4 is 10.5 Å². The number of nitrogen functional groups attached to an aromatic ring is 1. The summed E-state index contributed by atoms with van der Waals surface area (Å²) in [5, 5.41) is 0.477. The van der Waals surface area contributed by atoms with E-state index in [0.717, 1.165) is 11.1 Å². The zero-order valence-electron chi connectivity index (χ0n) is 20.3. The number of benzene rings is 3. The van der Waals surface area contributed by atoms with Gasteiger partial charge in [0, 0.05) is 23.5 Å². The van der Waals surface area contributed by atoms with E-state index < -0.39 is 10.0 Å². The zero-order chi connectivity index (χ0) is 26.2. The molecule has 0 atom stereocenters. The molecule has 0 unspecified atom stereocenters. The molecule has 0 aliphatic carbocycles. The van der Waals surface area contributed by atoms with Crippen molar-refractivity contribution >= 4 is 38.3 Å². The summed E-state index contributed by atoms with van der Waals surface area (Å²) in [6, 6.07) is 22.8. The summed E-state index contributed by atoms with van der Waals surface area (Å²) in [7, 11) is -3.87. The molecule has 0 saturated carbocycles. The molecular formula is C28H25N5O3S. The number of aromatic nitrogens is 3. The molecule has 37 heavy (non-hydrogen) atoms. The predicted octanol–water partition coefficient (Wildman–Crippen LogP) is 5.29. The van der Waals surface area contributed by atoms with Crippen LogP contribution in [0.3, 0.4) is 0 Å². The number of ketones is 1. The lowest BCUT2D eigenvalue weighted by Gasteiger charge is -2.10. The molecule has 0 spiro atoms. The number of nitrogens with two attached hydrogens (primary N) is 1. The van der Waals surface area contributed by atoms with Crippen molar-refractivity contribution < 1.29 is 13.2 Å². The Bertz CT molecular complexity index is 1710. The number of anilines is 2. The largest absolute Gasteiger partial charge is 0.383 e. The first-order valence-electron chi connectivity index (χ1n) is 11.7. The van der Waals surface area contributed by atoms with Crippen LogP contribution in [-0.4, -0.2) is 28.7 Å². The third-order valence-electron chi connectivity index (χ3n) is 6.09. The SMILES string of the molecule is CC(C)n1cc(C(=O)c2cccc(NS(=O)(=O)c3ccc(-c4ccccc4)cc3)c2)c2c(N)ncnc21. The van der Waals surface area contributed by atoms with E-state index in [0.29, 0.717) is 22.2 Å². The van der Waals surface area contributed by atoms with Crippen molar-refractivity contribution in [3.8, 4) is 11.1 Å². The van der Waals surface area contributed by atoms with E-state index in [1.54, 1.807) is 48.7 Å². The Labute approximate surface area is 214 Å². The highest BCUT2D eigenvalue weighted by atomic mass is 32.2. The van der Waals surface area contributed by atoms with E-state index in [-0.39, 0.29) is 28.2 Å². The monoisotopic (exact) mass is 511 g/mol. The van der Waals surface area contributed by atoms with Crippen LogP contribution in [0.5, 0.6) is 0 Å². The Morgan fingerprint density at radius 3 is 2.32 bits per heavy atom. The van der Waals surface area contributed by atoms with Crippen LogP contribution in [0.4, 0.5) is 11.5 Å². The van der Waals surface area contributed by atoms with Gasteiger partial charge in [-0.05, 0) is 49.2 Å². The van der Waals surface area contributed by atoms with Gasteiger partial charge in [0.05, 0.1) is 15.8 Å². The summed E-state index contributed by atoms with van der Waals surface area (Å²) in [6.07, 6.45) is 3.08. The maximum Gasteiger partial charge on any atom is 0.261 e. The van der Waals surface area contributed by atoms with Gasteiger partial charge in [0.2, 0.25) is 0 Å². The fraction of sp³-hybridized carbons (Fsp3) is 0.107. The van der Waals surface area contributed by atoms with Gasteiger partial charge >= 0.3 is 0 Å². The standard InChI is InChI=1S/C28H25N5O3S/c1-18(2)33-16-24(25-27(29)30-17-31-28(25)33)26(34)21-9-6-10-22(15-21)32-37(35,36)23-13-11-20(12-14-23)19-7-4-3-5-8-19/h3-18,32H,1-2H3,(H2,29,30,31). The van der Waals surface area contributed by atoms with Crippen molar-refractivity contribution in [2.24, 2.45) is 0 Å². The molecule has 0 radical (unpaired) electrons. The van der Waals surface area contributed by atoms with Crippen LogP contribution in [0.1, 0.15) is 35.8 Å². The van der Waals surface area contributed by atoms with Gasteiger partial charge in [-0.2, -0.15) is 0 Å². The van der Waals surface area contributed by atoms with Gasteiger partial charge in [0.15, 0.2) is 5.78 Å². The number of hydrogen-bond donors (Lipinski definition) is 2. The maximum atomic E-state index is 13.5. The van der Waals surface area contributed by atoms with Crippen molar-refractivity contribution in [3.63, 3.8) is 0 Å². The number of fused-ring (bicyclic) bond motifs is 1. The van der Waals surface area contributed by atoms with Gasteiger partial charge in [0.1, 0.15) is 17.8 Å². The van der Waals surface area contributed by atoms with E-state index in [4.69, 9.17) is 5.73 Å². The molecule has 3 N–H and O–H groups in total. The number of carbonyl (C=O) groups excluding carboxylic acids is 1. The number of rotatable bonds is 7. The summed E-state index contributed by atoms with van der Waals surface area (Å²) in [5.41, 5.74) is 9.53. The number of sulfonamides is 1. The number of carbonyl (C=O) groups is 1. The molecule has 2 heterocycles. The highest BCUT2D eigenvalue weighted by Gasteiger charge is 2.22. The van der Waals surface area contributed by atoms with Crippen LogP contribution in [0.25, 0.3) is 22.2 Å². The van der Waals surface area contributed by atoms with Crippen LogP contribution in [0.2, 0.25) is 0 Å². The molecule has 0 aliphatic heterocycles. The lowest BCUT2D eigenvalue weighted by Crippen LogP contribution is -2.13. The van der Waals surface area contributed by atoms with Crippen LogP contribution in [-0.2, 0) is 10.0 Å². The summed E-state index contributed by atoms with van der Waals surface area (Å²) in [6.45, 7) is 3.96. The molecule has 0 aliphatic rings. The second-order valence-corrected chi connectivity index (χ2v) is 10.6. The average molecular weight is 512 g/mol. The number of hydrogen-bond acceptors (Lipinski definition) is 6. The normalized spacial score (nSPS) is 11.6. The Morgan fingerprint density at radius 1 is 0.919 bits per heavy atom. The van der Waals surface area contributed by atoms with Crippen LogP contribution in [0, 0.1) is 0 Å². The van der Waals surface area contributed by atoms with Gasteiger partial charge in [-0.15, -0.1) is 0 Å². The Morgan fingerprint density at radius 2 is 1.62 bits per heavy atom. The lowest BCUT2D eigenvalue weighted by molar-refractivity contribution is 0.104. The molecule has 8 nitrogen and oxygen atoms in total. The first kappa shape index (κ1) is 24.2. The molecule has 9 heteroatoms. The molecule has 0 fully saturated rings. The lowest BCUT2D eigenvalue weighted by atomic mass is 10.0. The fourth-order valence-corrected chi connectivity index (χ4v) is 5.27. The van der Waals surface area contributed by atoms with Gasteiger partial charge in [-0.3, -0.25) is 9.52 Å². The third-order valence-corrected chi connectivity index (χ3v) is 7.49. The summed E-state index contributed by atoms with van der Waals surface area (Å²) >= 11 is 0. The molecule has 0 saturated heterocycles. The Kier molecular flexibility index (Phi) is 6.22. The minimum atomic E-state index is -3.87. The van der Waals surface area contributed by atoms with E-state index >= 15 is 0 Å². The van der Waals surface area contributed by atoms with Gasteiger partial charge in [0.25, 0.3) is 10.0 Å². The van der Waals surface area contributed by atoms with E-state index in [2.05, 4.69) is 14.7 Å². The minimum absolute atomic E-state index is 0.0461. The summed E-state index contributed by atoms with van der Waals surface area (Å²) in [5.74, 6) is -0.0947. The van der Waals surface area contributed by atoms with Gasteiger partial charge in [-0.25, -0.2) is 18.4 Å². The Hall–Kier alpha value is -4.50. The first-order valence-corrected chi connectivity index (χ1v) is 13.2. The Balaban J connectivity index is 1.44. The minimum Gasteiger partial charge on any atom is -0.383 e. The zero-order valence-corrected chi connectivity index (χ0v) is 21.1. The van der Waals surface area contributed by atoms with E-state index in [1.165, 1.54) is 12.4 Å². The summed E-state index contributed by atoms with van der Waals surface area (Å²) in [4.78, 5) is 22.0. The smallest absolute Gasteiger partial charge is 0.261 e. The second-order valence-electron chi connectivity index (χ2n) is 8.91. The molecule has 3 aromatic carbocycles. The third kappa shape index (κ3) is 4.68. The fourth-order valence-electron chi connectivity index (χ4n) is 4.22. The average Bonchev–Trinajstić information content (AvgIpc) is 3.30. The highest BCUT2D eigenvalue weighted by Crippen LogP contribution is 2.29. The van der Waals surface area contributed by atoms with Gasteiger partial charge < -0.3 is 10.3 Å². The molecule has 5 aromatic rings. The summed E-state index contributed by atoms with van der Waals surface area (Å²) < 4.78 is 30.6. The quantitative estimate of drug-likeness (QED) is 0.286. The maximum absolute atomic E-state index is 13.5. The number of nitrogens with one attached hydrogen (secondary N) is 1. The topological polar surface area (TPSA) is 120 Å². The molecule has 186 valence electrons. The van der Waals surface area contributed by atoms with Crippen LogP contribution >= 0.6 is 0 Å². The molecule has 0 bridgehead atoms. The molecular weight excluding hydrogens is 486 g/mol. The second kappa shape index (κ2) is 9.51. The molecule has 0 amide bonds. The number of nitrogens with zero attached hydrogens (tertiary/aromatic N) is 3. The molecule has 5 rings (SSSR count). The van der Waals surface area contributed by atoms with Crippen molar-refractivity contribution in [2.45, 2.75) is 24.8 Å². The predicted molar refractivity (Wildman–Crippen MR) is 145 cm³/mol. The van der Waals surface area contributed by atoms with Crippen molar-refractivity contribution in [3.05, 3.63) is 103 Å². The van der Waals surface area contributed by atoms with Gasteiger partial charge in [-0.1, -0.05) is 54.6 Å². The molecule has 2 aromatic heterocycles. The van der Waals surface area contributed by atoms with E-state index in [9.17, 15) is 13.2 Å². The highest BCUT2D eigenvalue weighted by molar-refractivity contribution is 7.92. The van der Waals surface area contributed by atoms with Crippen molar-refractivity contribution in [1.82, 2.24) is 14.5 Å². The van der Waals surface area contributed by atoms with E-state index in [1.807, 2.05) is 48.7 Å². The van der Waals surface area contributed by atoms with Crippen LogP contribution in [0.15, 0.2) is 96.3 Å².